The van der Waals surface area contributed by atoms with E-state index in [0.29, 0.717) is 5.56 Å². The molecule has 0 aliphatic heterocycles. The van der Waals surface area contributed by atoms with E-state index in [4.69, 9.17) is 5.21 Å². The molecule has 0 radical (unpaired) electrons. The second-order valence-electron chi connectivity index (χ2n) is 1.97. The Morgan fingerprint density at radius 2 is 2.00 bits per heavy atom. The predicted octanol–water partition coefficient (Wildman–Crippen LogP) is 1.33. The van der Waals surface area contributed by atoms with Crippen molar-refractivity contribution >= 4 is 12.0 Å². The zero-order valence-corrected chi connectivity index (χ0v) is 5.77. The lowest BCUT2D eigenvalue weighted by Gasteiger charge is -1.90. The lowest BCUT2D eigenvalue weighted by atomic mass is 10.1. The van der Waals surface area contributed by atoms with Gasteiger partial charge in [0.15, 0.2) is 0 Å². The van der Waals surface area contributed by atoms with E-state index in [9.17, 15) is 4.79 Å². The summed E-state index contributed by atoms with van der Waals surface area (Å²) in [6, 6.07) is 8.62. The van der Waals surface area contributed by atoms with Crippen LogP contribution in [0.2, 0.25) is 0 Å². The van der Waals surface area contributed by atoms with Crippen LogP contribution in [-0.2, 0) is 0 Å². The first-order chi connectivity index (χ1) is 5.34. The minimum atomic E-state index is -0.298. The molecule has 0 aliphatic carbocycles. The molecule has 11 heavy (non-hydrogen) atoms. The van der Waals surface area contributed by atoms with Gasteiger partial charge < -0.3 is 5.21 Å². The van der Waals surface area contributed by atoms with E-state index >= 15 is 0 Å². The van der Waals surface area contributed by atoms with Crippen LogP contribution in [0.1, 0.15) is 10.4 Å². The van der Waals surface area contributed by atoms with Gasteiger partial charge in [0.05, 0.1) is 0 Å². The second-order valence-corrected chi connectivity index (χ2v) is 1.97. The molecule has 1 rings (SSSR count). The van der Waals surface area contributed by atoms with Gasteiger partial charge in [0.2, 0.25) is 5.78 Å². The standard InChI is InChI=1S/C8H7NO2/c10-8(6-9-11)7-4-2-1-3-5-7/h1-6,11H/b9-6-. The molecule has 3 heteroatoms. The van der Waals surface area contributed by atoms with Gasteiger partial charge in [-0.2, -0.15) is 0 Å². The van der Waals surface area contributed by atoms with E-state index in [1.807, 2.05) is 6.07 Å². The maximum atomic E-state index is 10.9. The average Bonchev–Trinajstić information content (AvgIpc) is 2.07. The topological polar surface area (TPSA) is 49.7 Å². The molecule has 0 aromatic heterocycles. The molecule has 56 valence electrons. The highest BCUT2D eigenvalue weighted by molar-refractivity contribution is 6.35. The molecule has 1 aromatic carbocycles. The summed E-state index contributed by atoms with van der Waals surface area (Å²) in [5, 5.41) is 10.7. The number of carbonyl (C=O) groups is 1. The fraction of sp³-hybridized carbons (Fsp3) is 0. The summed E-state index contributed by atoms with van der Waals surface area (Å²) < 4.78 is 0. The fourth-order valence-electron chi connectivity index (χ4n) is 0.729. The number of nitrogens with zero attached hydrogens (tertiary/aromatic N) is 1. The third-order valence-corrected chi connectivity index (χ3v) is 1.23. The number of ketones is 1. The van der Waals surface area contributed by atoms with Crippen LogP contribution in [0.4, 0.5) is 0 Å². The zero-order chi connectivity index (χ0) is 8.10. The van der Waals surface area contributed by atoms with Gasteiger partial charge in [-0.3, -0.25) is 4.79 Å². The molecule has 0 unspecified atom stereocenters. The van der Waals surface area contributed by atoms with E-state index in [-0.39, 0.29) is 5.78 Å². The predicted molar refractivity (Wildman–Crippen MR) is 41.1 cm³/mol. The summed E-state index contributed by atoms with van der Waals surface area (Å²) >= 11 is 0. The van der Waals surface area contributed by atoms with Gasteiger partial charge in [0.25, 0.3) is 0 Å². The van der Waals surface area contributed by atoms with Crippen LogP contribution >= 0.6 is 0 Å². The van der Waals surface area contributed by atoms with E-state index in [1.165, 1.54) is 0 Å². The first-order valence-corrected chi connectivity index (χ1v) is 3.11. The van der Waals surface area contributed by atoms with Gasteiger partial charge in [0.1, 0.15) is 6.21 Å². The summed E-state index contributed by atoms with van der Waals surface area (Å²) in [7, 11) is 0. The highest BCUT2D eigenvalue weighted by Crippen LogP contribution is 1.97. The second kappa shape index (κ2) is 3.51. The van der Waals surface area contributed by atoms with Crippen LogP contribution in [0.3, 0.4) is 0 Å². The van der Waals surface area contributed by atoms with Gasteiger partial charge in [-0.25, -0.2) is 0 Å². The van der Waals surface area contributed by atoms with Crippen molar-refractivity contribution in [2.45, 2.75) is 0 Å². The normalized spacial score (nSPS) is 10.2. The van der Waals surface area contributed by atoms with Crippen LogP contribution in [0.15, 0.2) is 35.5 Å². The third kappa shape index (κ3) is 1.89. The molecule has 0 amide bonds. The van der Waals surface area contributed by atoms with Crippen molar-refractivity contribution in [3.63, 3.8) is 0 Å². The van der Waals surface area contributed by atoms with Crippen molar-refractivity contribution in [2.24, 2.45) is 5.16 Å². The van der Waals surface area contributed by atoms with Gasteiger partial charge in [-0.05, 0) is 0 Å². The Balaban J connectivity index is 2.86. The summed E-state index contributed by atoms with van der Waals surface area (Å²) in [4.78, 5) is 10.9. The molecule has 0 heterocycles. The first-order valence-electron chi connectivity index (χ1n) is 3.11. The van der Waals surface area contributed by atoms with Crippen LogP contribution in [0, 0.1) is 0 Å². The first kappa shape index (κ1) is 7.47. The van der Waals surface area contributed by atoms with E-state index in [0.717, 1.165) is 6.21 Å². The molecule has 0 aliphatic rings. The Kier molecular flexibility index (Phi) is 2.38. The average molecular weight is 149 g/mol. The zero-order valence-electron chi connectivity index (χ0n) is 5.77. The lowest BCUT2D eigenvalue weighted by molar-refractivity contribution is 0.106. The number of rotatable bonds is 2. The minimum Gasteiger partial charge on any atom is -0.411 e. The van der Waals surface area contributed by atoms with Crippen LogP contribution in [-0.4, -0.2) is 17.2 Å². The SMILES string of the molecule is O=C(/C=N\O)c1ccccc1. The number of carbonyl (C=O) groups excluding carboxylic acids is 1. The fourth-order valence-corrected chi connectivity index (χ4v) is 0.729. The van der Waals surface area contributed by atoms with Gasteiger partial charge in [-0.15, -0.1) is 0 Å². The van der Waals surface area contributed by atoms with Crippen LogP contribution in [0.25, 0.3) is 0 Å². The minimum absolute atomic E-state index is 0.298. The molecule has 1 N–H and O–H groups in total. The van der Waals surface area contributed by atoms with Gasteiger partial charge in [-0.1, -0.05) is 35.5 Å². The molecule has 3 nitrogen and oxygen atoms in total. The van der Waals surface area contributed by atoms with Crippen molar-refractivity contribution in [1.29, 1.82) is 0 Å². The molecular weight excluding hydrogens is 142 g/mol. The molecule has 0 spiro atoms. The number of hydrogen-bond acceptors (Lipinski definition) is 3. The molecule has 0 saturated heterocycles. The largest absolute Gasteiger partial charge is 0.411 e. The van der Waals surface area contributed by atoms with E-state index in [1.54, 1.807) is 24.3 Å². The van der Waals surface area contributed by atoms with Crippen molar-refractivity contribution in [3.05, 3.63) is 35.9 Å². The van der Waals surface area contributed by atoms with Crippen LogP contribution < -0.4 is 0 Å². The van der Waals surface area contributed by atoms with E-state index in [2.05, 4.69) is 5.16 Å². The van der Waals surface area contributed by atoms with Crippen molar-refractivity contribution in [3.8, 4) is 0 Å². The third-order valence-electron chi connectivity index (χ3n) is 1.23. The Bertz CT molecular complexity index is 267. The lowest BCUT2D eigenvalue weighted by Crippen LogP contribution is -1.98. The van der Waals surface area contributed by atoms with Crippen molar-refractivity contribution in [1.82, 2.24) is 0 Å². The Morgan fingerprint density at radius 3 is 2.55 bits per heavy atom. The molecule has 0 atom stereocenters. The molecule has 1 aromatic rings. The number of benzene rings is 1. The maximum Gasteiger partial charge on any atom is 0.207 e. The molecule has 0 fully saturated rings. The molecule has 0 bridgehead atoms. The Labute approximate surface area is 64.0 Å². The van der Waals surface area contributed by atoms with Crippen LogP contribution in [0.5, 0.6) is 0 Å². The Hall–Kier alpha value is -1.64. The van der Waals surface area contributed by atoms with Gasteiger partial charge >= 0.3 is 0 Å². The molecular formula is C8H7NO2. The van der Waals surface area contributed by atoms with E-state index < -0.39 is 0 Å². The maximum absolute atomic E-state index is 10.9. The summed E-state index contributed by atoms with van der Waals surface area (Å²) in [6.07, 6.45) is 0.870. The smallest absolute Gasteiger partial charge is 0.207 e. The van der Waals surface area contributed by atoms with Gasteiger partial charge in [0, 0.05) is 5.56 Å². The summed E-state index contributed by atoms with van der Waals surface area (Å²) in [5.41, 5.74) is 0.519. The number of oxime groups is 1. The highest BCUT2D eigenvalue weighted by atomic mass is 16.4. The molecule has 0 saturated carbocycles. The monoisotopic (exact) mass is 149 g/mol. The highest BCUT2D eigenvalue weighted by Gasteiger charge is 1.98. The quantitative estimate of drug-likeness (QED) is 0.298. The Morgan fingerprint density at radius 1 is 1.36 bits per heavy atom. The summed E-state index contributed by atoms with van der Waals surface area (Å²) in [6.45, 7) is 0. The van der Waals surface area contributed by atoms with Crippen molar-refractivity contribution < 1.29 is 10.0 Å². The van der Waals surface area contributed by atoms with Crippen molar-refractivity contribution in [2.75, 3.05) is 0 Å². The number of hydrogen-bond donors (Lipinski definition) is 1. The summed E-state index contributed by atoms with van der Waals surface area (Å²) in [5.74, 6) is -0.298. The number of Topliss-reactive ketones (excluding diaryl/α,β-unsaturated/α-hetero) is 1.